The molecule has 18 heavy (non-hydrogen) atoms. The molecule has 0 aliphatic heterocycles. The highest BCUT2D eigenvalue weighted by atomic mass is 127. The number of hydrogen-bond donors (Lipinski definition) is 1. The molecule has 0 aliphatic carbocycles. The number of halogens is 3. The first-order valence-corrected chi connectivity index (χ1v) is 7.20. The molecule has 0 bridgehead atoms. The molecule has 0 atom stereocenters. The van der Waals surface area contributed by atoms with Crippen molar-refractivity contribution in [1.29, 1.82) is 0 Å². The van der Waals surface area contributed by atoms with Crippen molar-refractivity contribution in [3.05, 3.63) is 55.2 Å². The van der Waals surface area contributed by atoms with Crippen LogP contribution < -0.4 is 5.32 Å². The molecule has 0 spiro atoms. The van der Waals surface area contributed by atoms with Gasteiger partial charge >= 0.3 is 0 Å². The van der Waals surface area contributed by atoms with Gasteiger partial charge in [0.05, 0.1) is 10.6 Å². The number of carbonyl (C=O) groups is 1. The lowest BCUT2D eigenvalue weighted by atomic mass is 10.2. The molecular weight excluding hydrogens is 430 g/mol. The van der Waals surface area contributed by atoms with Gasteiger partial charge in [0, 0.05) is 14.2 Å². The lowest BCUT2D eigenvalue weighted by molar-refractivity contribution is 0.102. The second-order valence-corrected chi connectivity index (χ2v) is 5.90. The first-order valence-electron chi connectivity index (χ1n) is 4.95. The lowest BCUT2D eigenvalue weighted by Gasteiger charge is -2.07. The van der Waals surface area contributed by atoms with Crippen molar-refractivity contribution in [3.63, 3.8) is 0 Å². The van der Waals surface area contributed by atoms with Crippen LogP contribution in [0.5, 0.6) is 0 Å². The van der Waals surface area contributed by atoms with Crippen molar-refractivity contribution in [2.24, 2.45) is 0 Å². The van der Waals surface area contributed by atoms with Gasteiger partial charge in [0.25, 0.3) is 5.91 Å². The molecule has 0 unspecified atom stereocenters. The highest BCUT2D eigenvalue weighted by Gasteiger charge is 2.12. The second kappa shape index (κ2) is 5.99. The Bertz CT molecular complexity index is 606. The number of nitrogens with one attached hydrogen (secondary N) is 1. The van der Waals surface area contributed by atoms with Gasteiger partial charge in [-0.25, -0.2) is 4.98 Å². The van der Waals surface area contributed by atoms with E-state index in [2.05, 4.69) is 48.8 Å². The summed E-state index contributed by atoms with van der Waals surface area (Å²) in [6, 6.07) is 8.89. The van der Waals surface area contributed by atoms with Gasteiger partial charge in [-0.05, 0) is 52.9 Å². The van der Waals surface area contributed by atoms with E-state index in [1.807, 2.05) is 12.1 Å². The number of amides is 1. The largest absolute Gasteiger partial charge is 0.305 e. The zero-order valence-corrected chi connectivity index (χ0v) is 13.5. The van der Waals surface area contributed by atoms with Gasteiger partial charge < -0.3 is 5.32 Å². The summed E-state index contributed by atoms with van der Waals surface area (Å²) in [4.78, 5) is 16.1. The zero-order valence-electron chi connectivity index (χ0n) is 8.95. The molecule has 0 saturated carbocycles. The molecular formula is C12H7BrClIN2O. The van der Waals surface area contributed by atoms with Crippen LogP contribution in [0.25, 0.3) is 0 Å². The summed E-state index contributed by atoms with van der Waals surface area (Å²) < 4.78 is 1.71. The van der Waals surface area contributed by atoms with Crippen LogP contribution in [0.1, 0.15) is 10.4 Å². The third-order valence-electron chi connectivity index (χ3n) is 2.16. The summed E-state index contributed by atoms with van der Waals surface area (Å²) in [5.41, 5.74) is 0.576. The van der Waals surface area contributed by atoms with Crippen molar-refractivity contribution in [3.8, 4) is 0 Å². The normalized spacial score (nSPS) is 10.2. The molecule has 0 aliphatic rings. The van der Waals surface area contributed by atoms with Gasteiger partial charge in [-0.1, -0.05) is 27.5 Å². The number of benzene rings is 1. The molecule has 2 rings (SSSR count). The van der Waals surface area contributed by atoms with Crippen molar-refractivity contribution >= 4 is 61.8 Å². The Morgan fingerprint density at radius 3 is 2.89 bits per heavy atom. The van der Waals surface area contributed by atoms with Crippen LogP contribution in [0, 0.1) is 3.57 Å². The van der Waals surface area contributed by atoms with Gasteiger partial charge in [-0.2, -0.15) is 0 Å². The maximum absolute atomic E-state index is 12.1. The van der Waals surface area contributed by atoms with Crippen LogP contribution >= 0.6 is 50.1 Å². The van der Waals surface area contributed by atoms with Gasteiger partial charge in [0.15, 0.2) is 5.82 Å². The number of hydrogen-bond acceptors (Lipinski definition) is 2. The van der Waals surface area contributed by atoms with Crippen LogP contribution in [-0.4, -0.2) is 10.9 Å². The molecule has 3 nitrogen and oxygen atoms in total. The Morgan fingerprint density at radius 1 is 1.39 bits per heavy atom. The molecule has 1 aromatic heterocycles. The predicted octanol–water partition coefficient (Wildman–Crippen LogP) is 4.35. The van der Waals surface area contributed by atoms with Crippen molar-refractivity contribution in [2.45, 2.75) is 0 Å². The molecule has 2 aromatic rings. The van der Waals surface area contributed by atoms with E-state index in [0.29, 0.717) is 16.4 Å². The quantitative estimate of drug-likeness (QED) is 0.710. The maximum atomic E-state index is 12.1. The van der Waals surface area contributed by atoms with Crippen LogP contribution in [0.3, 0.4) is 0 Å². The minimum absolute atomic E-state index is 0.235. The number of aromatic nitrogens is 1. The summed E-state index contributed by atoms with van der Waals surface area (Å²) in [5.74, 6) is 0.126. The van der Waals surface area contributed by atoms with E-state index in [-0.39, 0.29) is 5.91 Å². The van der Waals surface area contributed by atoms with E-state index in [4.69, 9.17) is 11.6 Å². The smallest absolute Gasteiger partial charge is 0.257 e. The van der Waals surface area contributed by atoms with Gasteiger partial charge in [-0.15, -0.1) is 0 Å². The van der Waals surface area contributed by atoms with Gasteiger partial charge in [0.1, 0.15) is 0 Å². The standard InChI is InChI=1S/C12H7BrClIN2O/c13-7-3-4-10(15)8(6-7)12(18)17-11-9(14)2-1-5-16-11/h1-6H,(H,16,17,18). The molecule has 92 valence electrons. The van der Waals surface area contributed by atoms with E-state index < -0.39 is 0 Å². The number of pyridine rings is 1. The van der Waals surface area contributed by atoms with Crippen LogP contribution in [0.15, 0.2) is 41.0 Å². The van der Waals surface area contributed by atoms with E-state index in [1.54, 1.807) is 24.4 Å². The fourth-order valence-corrected chi connectivity index (χ4v) is 2.43. The van der Waals surface area contributed by atoms with Gasteiger partial charge in [0.2, 0.25) is 0 Å². The predicted molar refractivity (Wildman–Crippen MR) is 84.1 cm³/mol. The van der Waals surface area contributed by atoms with E-state index in [9.17, 15) is 4.79 Å². The summed E-state index contributed by atoms with van der Waals surface area (Å²) in [6.07, 6.45) is 1.58. The van der Waals surface area contributed by atoms with Gasteiger partial charge in [-0.3, -0.25) is 4.79 Å². The Kier molecular flexibility index (Phi) is 4.58. The minimum Gasteiger partial charge on any atom is -0.305 e. The molecule has 1 amide bonds. The Morgan fingerprint density at radius 2 is 2.17 bits per heavy atom. The van der Waals surface area contributed by atoms with Crippen LogP contribution in [-0.2, 0) is 0 Å². The first kappa shape index (κ1) is 13.8. The fraction of sp³-hybridized carbons (Fsp3) is 0. The van der Waals surface area contributed by atoms with E-state index in [0.717, 1.165) is 8.04 Å². The molecule has 0 fully saturated rings. The molecule has 1 N–H and O–H groups in total. The minimum atomic E-state index is -0.235. The Labute approximate surface area is 131 Å². The summed E-state index contributed by atoms with van der Waals surface area (Å²) in [5, 5.41) is 3.10. The van der Waals surface area contributed by atoms with Crippen molar-refractivity contribution < 1.29 is 4.79 Å². The van der Waals surface area contributed by atoms with Crippen molar-refractivity contribution in [2.75, 3.05) is 5.32 Å². The Balaban J connectivity index is 2.28. The topological polar surface area (TPSA) is 42.0 Å². The number of rotatable bonds is 2. The third kappa shape index (κ3) is 3.21. The molecule has 1 heterocycles. The van der Waals surface area contributed by atoms with E-state index >= 15 is 0 Å². The summed E-state index contributed by atoms with van der Waals surface area (Å²) in [6.45, 7) is 0. The number of anilines is 1. The highest BCUT2D eigenvalue weighted by molar-refractivity contribution is 14.1. The molecule has 1 aromatic carbocycles. The number of nitrogens with zero attached hydrogens (tertiary/aromatic N) is 1. The SMILES string of the molecule is O=C(Nc1ncccc1Cl)c1cc(Br)ccc1I. The average molecular weight is 437 g/mol. The summed E-state index contributed by atoms with van der Waals surface area (Å²) >= 11 is 11.4. The Hall–Kier alpha value is -0.660. The lowest BCUT2D eigenvalue weighted by Crippen LogP contribution is -2.14. The summed E-state index contributed by atoms with van der Waals surface area (Å²) in [7, 11) is 0. The highest BCUT2D eigenvalue weighted by Crippen LogP contribution is 2.22. The van der Waals surface area contributed by atoms with Crippen LogP contribution in [0.2, 0.25) is 5.02 Å². The molecule has 0 radical (unpaired) electrons. The second-order valence-electron chi connectivity index (χ2n) is 3.41. The first-order chi connectivity index (χ1) is 8.58. The van der Waals surface area contributed by atoms with E-state index in [1.165, 1.54) is 0 Å². The van der Waals surface area contributed by atoms with Crippen LogP contribution in [0.4, 0.5) is 5.82 Å². The maximum Gasteiger partial charge on any atom is 0.257 e. The zero-order chi connectivity index (χ0) is 13.1. The number of carbonyl (C=O) groups excluding carboxylic acids is 1. The monoisotopic (exact) mass is 436 g/mol. The fourth-order valence-electron chi connectivity index (χ4n) is 1.32. The van der Waals surface area contributed by atoms with Crippen molar-refractivity contribution in [1.82, 2.24) is 4.98 Å². The molecule has 0 saturated heterocycles. The average Bonchev–Trinajstić information content (AvgIpc) is 2.35. The third-order valence-corrected chi connectivity index (χ3v) is 3.90. The molecule has 6 heteroatoms.